The lowest BCUT2D eigenvalue weighted by Gasteiger charge is -2.29. The molecule has 1 aliphatic heterocycles. The van der Waals surface area contributed by atoms with Crippen molar-refractivity contribution in [3.8, 4) is 11.1 Å². The van der Waals surface area contributed by atoms with Gasteiger partial charge in [-0.1, -0.05) is 29.8 Å². The van der Waals surface area contributed by atoms with Gasteiger partial charge >= 0.3 is 5.69 Å². The maximum absolute atomic E-state index is 12.3. The van der Waals surface area contributed by atoms with Crippen molar-refractivity contribution in [3.63, 3.8) is 0 Å². The average Bonchev–Trinajstić information content (AvgIpc) is 2.85. The van der Waals surface area contributed by atoms with Gasteiger partial charge in [-0.2, -0.15) is 0 Å². The van der Waals surface area contributed by atoms with Gasteiger partial charge in [-0.3, -0.25) is 20.1 Å². The van der Waals surface area contributed by atoms with E-state index in [1.165, 1.54) is 0 Å². The molecule has 3 heterocycles. The minimum absolute atomic E-state index is 0.0213. The normalized spacial score (nSPS) is 13.8. The second kappa shape index (κ2) is 9.01. The van der Waals surface area contributed by atoms with Crippen LogP contribution in [0.5, 0.6) is 0 Å². The van der Waals surface area contributed by atoms with Crippen LogP contribution in [0.2, 0.25) is 5.02 Å². The molecular formula is C24H20ClN5O3. The number of anilines is 3. The lowest BCUT2D eigenvalue weighted by Crippen LogP contribution is -2.36. The number of halogens is 1. The smallest absolute Gasteiger partial charge is 0.300 e. The number of nitro groups is 1. The van der Waals surface area contributed by atoms with Crippen LogP contribution in [-0.2, 0) is 4.74 Å². The molecule has 0 unspecified atom stereocenters. The van der Waals surface area contributed by atoms with E-state index >= 15 is 0 Å². The molecule has 33 heavy (non-hydrogen) atoms. The highest BCUT2D eigenvalue weighted by atomic mass is 35.5. The van der Waals surface area contributed by atoms with Crippen molar-refractivity contribution in [2.75, 3.05) is 36.5 Å². The maximum Gasteiger partial charge on any atom is 0.300 e. The Bertz CT molecular complexity index is 1330. The quantitative estimate of drug-likeness (QED) is 0.312. The van der Waals surface area contributed by atoms with Gasteiger partial charge in [-0.05, 0) is 30.3 Å². The van der Waals surface area contributed by atoms with Crippen molar-refractivity contribution in [2.24, 2.45) is 0 Å². The van der Waals surface area contributed by atoms with E-state index in [0.29, 0.717) is 59.3 Å². The molecule has 5 rings (SSSR count). The van der Waals surface area contributed by atoms with E-state index in [9.17, 15) is 10.1 Å². The second-order valence-electron chi connectivity index (χ2n) is 7.61. The Morgan fingerprint density at radius 3 is 2.67 bits per heavy atom. The fraction of sp³-hybridized carbons (Fsp3) is 0.167. The Hall–Kier alpha value is -3.75. The van der Waals surface area contributed by atoms with Crippen LogP contribution in [0.25, 0.3) is 22.0 Å². The number of morpholine rings is 1. The first-order chi connectivity index (χ1) is 16.1. The summed E-state index contributed by atoms with van der Waals surface area (Å²) < 4.78 is 5.49. The molecule has 0 bridgehead atoms. The van der Waals surface area contributed by atoms with E-state index in [4.69, 9.17) is 16.3 Å². The summed E-state index contributed by atoms with van der Waals surface area (Å²) in [6.07, 6.45) is 4.92. The number of rotatable bonds is 5. The highest BCUT2D eigenvalue weighted by molar-refractivity contribution is 6.35. The predicted octanol–water partition coefficient (Wildman–Crippen LogP) is 5.44. The number of para-hydroxylation sites is 1. The van der Waals surface area contributed by atoms with E-state index in [1.54, 1.807) is 36.8 Å². The zero-order chi connectivity index (χ0) is 22.8. The standard InChI is InChI=1S/C24H20ClN5O3/c25-20-5-1-4-18-21(6-8-27-23(18)20)28-22-14-17(29-9-11-33-12-10-29)13-19(24(22)30(31)32)16-3-2-7-26-15-16/h1-8,13-15H,9-12H2,(H,27,28). The number of fused-ring (bicyclic) bond motifs is 1. The SMILES string of the molecule is O=[N+]([O-])c1c(Nc2ccnc3c(Cl)cccc23)cc(N2CCOCC2)cc1-c1cccnc1. The largest absolute Gasteiger partial charge is 0.378 e. The minimum atomic E-state index is -0.357. The monoisotopic (exact) mass is 461 g/mol. The molecule has 0 saturated carbocycles. The van der Waals surface area contributed by atoms with Gasteiger partial charge < -0.3 is 15.0 Å². The molecule has 166 valence electrons. The van der Waals surface area contributed by atoms with E-state index in [-0.39, 0.29) is 10.6 Å². The first-order valence-electron chi connectivity index (χ1n) is 10.5. The van der Waals surface area contributed by atoms with Gasteiger partial charge in [0.1, 0.15) is 5.69 Å². The van der Waals surface area contributed by atoms with Crippen LogP contribution in [0.3, 0.4) is 0 Å². The van der Waals surface area contributed by atoms with E-state index in [2.05, 4.69) is 20.2 Å². The predicted molar refractivity (Wildman–Crippen MR) is 129 cm³/mol. The molecule has 1 saturated heterocycles. The fourth-order valence-corrected chi connectivity index (χ4v) is 4.27. The summed E-state index contributed by atoms with van der Waals surface area (Å²) in [7, 11) is 0. The summed E-state index contributed by atoms with van der Waals surface area (Å²) in [5.41, 5.74) is 3.72. The van der Waals surface area contributed by atoms with Crippen LogP contribution < -0.4 is 10.2 Å². The Balaban J connectivity index is 1.70. The topological polar surface area (TPSA) is 93.4 Å². The van der Waals surface area contributed by atoms with E-state index in [0.717, 1.165) is 11.1 Å². The molecule has 1 fully saturated rings. The van der Waals surface area contributed by atoms with Gasteiger partial charge in [0.2, 0.25) is 0 Å². The molecule has 0 radical (unpaired) electrons. The highest BCUT2D eigenvalue weighted by Crippen LogP contribution is 2.42. The molecule has 1 N–H and O–H groups in total. The van der Waals surface area contributed by atoms with Crippen LogP contribution in [-0.4, -0.2) is 41.2 Å². The molecule has 0 amide bonds. The van der Waals surface area contributed by atoms with Gasteiger partial charge in [0.25, 0.3) is 0 Å². The number of ether oxygens (including phenoxy) is 1. The lowest BCUT2D eigenvalue weighted by molar-refractivity contribution is -0.383. The Labute approximate surface area is 194 Å². The minimum Gasteiger partial charge on any atom is -0.378 e. The average molecular weight is 462 g/mol. The lowest BCUT2D eigenvalue weighted by atomic mass is 10.0. The van der Waals surface area contributed by atoms with Crippen molar-refractivity contribution in [1.29, 1.82) is 0 Å². The van der Waals surface area contributed by atoms with Gasteiger partial charge in [-0.25, -0.2) is 0 Å². The van der Waals surface area contributed by atoms with E-state index in [1.807, 2.05) is 30.3 Å². The number of nitro benzene ring substituents is 1. The van der Waals surface area contributed by atoms with Crippen molar-refractivity contribution < 1.29 is 9.66 Å². The van der Waals surface area contributed by atoms with Gasteiger partial charge in [0.05, 0.1) is 34.2 Å². The molecule has 9 heteroatoms. The van der Waals surface area contributed by atoms with Crippen molar-refractivity contribution in [3.05, 3.63) is 82.3 Å². The first kappa shape index (κ1) is 21.1. The van der Waals surface area contributed by atoms with Gasteiger partial charge in [0, 0.05) is 54.0 Å². The molecule has 1 aliphatic rings. The van der Waals surface area contributed by atoms with Crippen LogP contribution in [0.1, 0.15) is 0 Å². The van der Waals surface area contributed by atoms with E-state index < -0.39 is 0 Å². The Morgan fingerprint density at radius 1 is 1.06 bits per heavy atom. The molecule has 0 spiro atoms. The molecule has 0 atom stereocenters. The molecule has 0 aliphatic carbocycles. The number of hydrogen-bond donors (Lipinski definition) is 1. The third kappa shape index (κ3) is 4.18. The number of benzene rings is 2. The summed E-state index contributed by atoms with van der Waals surface area (Å²) in [5, 5.41) is 16.9. The number of hydrogen-bond acceptors (Lipinski definition) is 7. The van der Waals surface area contributed by atoms with Crippen LogP contribution in [0, 0.1) is 10.1 Å². The molecule has 8 nitrogen and oxygen atoms in total. The molecule has 2 aromatic carbocycles. The molecular weight excluding hydrogens is 442 g/mol. The summed E-state index contributed by atoms with van der Waals surface area (Å²) >= 11 is 6.32. The number of pyridine rings is 2. The second-order valence-corrected chi connectivity index (χ2v) is 8.01. The third-order valence-corrected chi connectivity index (χ3v) is 5.92. The van der Waals surface area contributed by atoms with Crippen molar-refractivity contribution in [1.82, 2.24) is 9.97 Å². The fourth-order valence-electron chi connectivity index (χ4n) is 4.05. The van der Waals surface area contributed by atoms with Crippen molar-refractivity contribution >= 4 is 45.3 Å². The zero-order valence-electron chi connectivity index (χ0n) is 17.6. The maximum atomic E-state index is 12.3. The zero-order valence-corrected chi connectivity index (χ0v) is 18.3. The summed E-state index contributed by atoms with van der Waals surface area (Å²) in [5.74, 6) is 0. The van der Waals surface area contributed by atoms with Crippen LogP contribution in [0.15, 0.2) is 67.1 Å². The number of nitrogens with one attached hydrogen (secondary N) is 1. The van der Waals surface area contributed by atoms with Gasteiger partial charge in [0.15, 0.2) is 0 Å². The summed E-state index contributed by atoms with van der Waals surface area (Å²) in [6, 6.07) is 14.5. The van der Waals surface area contributed by atoms with Gasteiger partial charge in [-0.15, -0.1) is 0 Å². The Morgan fingerprint density at radius 2 is 1.91 bits per heavy atom. The highest BCUT2D eigenvalue weighted by Gasteiger charge is 2.25. The van der Waals surface area contributed by atoms with Crippen LogP contribution in [0.4, 0.5) is 22.7 Å². The Kier molecular flexibility index (Phi) is 5.77. The number of nitrogens with zero attached hydrogens (tertiary/aromatic N) is 4. The number of aromatic nitrogens is 2. The summed E-state index contributed by atoms with van der Waals surface area (Å²) in [4.78, 5) is 22.6. The molecule has 2 aromatic heterocycles. The van der Waals surface area contributed by atoms with Crippen molar-refractivity contribution in [2.45, 2.75) is 0 Å². The van der Waals surface area contributed by atoms with Crippen LogP contribution >= 0.6 is 11.6 Å². The third-order valence-electron chi connectivity index (χ3n) is 5.62. The first-order valence-corrected chi connectivity index (χ1v) is 10.9. The summed E-state index contributed by atoms with van der Waals surface area (Å²) in [6.45, 7) is 2.62. The molecule has 4 aromatic rings.